The number of rotatable bonds is 11. The predicted octanol–water partition coefficient (Wildman–Crippen LogP) is 3.34. The van der Waals surface area contributed by atoms with Gasteiger partial charge in [-0.1, -0.05) is 18.2 Å². The van der Waals surface area contributed by atoms with Crippen molar-refractivity contribution in [2.75, 3.05) is 40.5 Å². The molecule has 0 atom stereocenters. The molecule has 2 N–H and O–H groups in total. The lowest BCUT2D eigenvalue weighted by molar-refractivity contribution is 0.143. The Kier molecular flexibility index (Phi) is 12.8. The van der Waals surface area contributed by atoms with Crippen LogP contribution in [0.5, 0.6) is 11.6 Å². The summed E-state index contributed by atoms with van der Waals surface area (Å²) < 4.78 is 16.1. The lowest BCUT2D eigenvalue weighted by atomic mass is 10.1. The molecule has 166 valence electrons. The lowest BCUT2D eigenvalue weighted by Crippen LogP contribution is -2.38. The fourth-order valence-corrected chi connectivity index (χ4v) is 2.75. The Morgan fingerprint density at radius 2 is 1.97 bits per heavy atom. The van der Waals surface area contributed by atoms with Crippen molar-refractivity contribution in [2.24, 2.45) is 4.99 Å². The SMILES string of the molecule is CCNC(=NCc1cccnc1OCCOC)NCCc1ccc(C)c(OC)c1.I. The van der Waals surface area contributed by atoms with Crippen LogP contribution in [0.1, 0.15) is 23.6 Å². The summed E-state index contributed by atoms with van der Waals surface area (Å²) in [6, 6.07) is 10.2. The minimum Gasteiger partial charge on any atom is -0.496 e. The van der Waals surface area contributed by atoms with Gasteiger partial charge in [0.2, 0.25) is 5.88 Å². The number of nitrogens with one attached hydrogen (secondary N) is 2. The minimum atomic E-state index is 0. The van der Waals surface area contributed by atoms with Crippen LogP contribution < -0.4 is 20.1 Å². The molecule has 0 radical (unpaired) electrons. The van der Waals surface area contributed by atoms with Gasteiger partial charge in [0.05, 0.1) is 20.3 Å². The van der Waals surface area contributed by atoms with Gasteiger partial charge >= 0.3 is 0 Å². The van der Waals surface area contributed by atoms with Gasteiger partial charge in [-0.3, -0.25) is 0 Å². The van der Waals surface area contributed by atoms with Crippen molar-refractivity contribution in [3.8, 4) is 11.6 Å². The van der Waals surface area contributed by atoms with Crippen molar-refractivity contribution in [3.05, 3.63) is 53.2 Å². The Morgan fingerprint density at radius 1 is 1.13 bits per heavy atom. The number of hydrogen-bond acceptors (Lipinski definition) is 5. The van der Waals surface area contributed by atoms with Crippen molar-refractivity contribution < 1.29 is 14.2 Å². The first-order valence-corrected chi connectivity index (χ1v) is 9.89. The molecule has 1 aromatic heterocycles. The first-order chi connectivity index (χ1) is 14.2. The summed E-state index contributed by atoms with van der Waals surface area (Å²) >= 11 is 0. The van der Waals surface area contributed by atoms with Gasteiger partial charge < -0.3 is 24.8 Å². The van der Waals surface area contributed by atoms with Crippen LogP contribution in [-0.2, 0) is 17.7 Å². The standard InChI is InChI=1S/C22H32N4O3.HI/c1-5-23-22(25-12-10-18-9-8-17(2)20(15-18)28-4)26-16-19-7-6-11-24-21(19)29-14-13-27-3;/h6-9,11,15H,5,10,12-14,16H2,1-4H3,(H2,23,25,26);1H. The summed E-state index contributed by atoms with van der Waals surface area (Å²) in [4.78, 5) is 8.97. The highest BCUT2D eigenvalue weighted by atomic mass is 127. The number of benzene rings is 1. The van der Waals surface area contributed by atoms with E-state index in [0.29, 0.717) is 25.6 Å². The average molecular weight is 528 g/mol. The highest BCUT2D eigenvalue weighted by molar-refractivity contribution is 14.0. The van der Waals surface area contributed by atoms with Crippen molar-refractivity contribution in [2.45, 2.75) is 26.8 Å². The largest absolute Gasteiger partial charge is 0.496 e. The number of pyridine rings is 1. The highest BCUT2D eigenvalue weighted by Crippen LogP contribution is 2.19. The van der Waals surface area contributed by atoms with Crippen molar-refractivity contribution in [1.82, 2.24) is 15.6 Å². The predicted molar refractivity (Wildman–Crippen MR) is 131 cm³/mol. The fraction of sp³-hybridized carbons (Fsp3) is 0.455. The Bertz CT molecular complexity index is 787. The molecule has 2 aromatic rings. The molecule has 1 aromatic carbocycles. The van der Waals surface area contributed by atoms with Gasteiger partial charge in [-0.05, 0) is 43.5 Å². The molecule has 0 spiro atoms. The van der Waals surface area contributed by atoms with E-state index >= 15 is 0 Å². The molecule has 0 unspecified atom stereocenters. The highest BCUT2D eigenvalue weighted by Gasteiger charge is 2.06. The van der Waals surface area contributed by atoms with E-state index in [4.69, 9.17) is 14.2 Å². The van der Waals surface area contributed by atoms with Gasteiger partial charge in [0, 0.05) is 32.0 Å². The Labute approximate surface area is 196 Å². The fourth-order valence-electron chi connectivity index (χ4n) is 2.75. The molecule has 8 heteroatoms. The second-order valence-corrected chi connectivity index (χ2v) is 6.48. The summed E-state index contributed by atoms with van der Waals surface area (Å²) in [5.74, 6) is 2.27. The molecule has 1 heterocycles. The maximum Gasteiger partial charge on any atom is 0.218 e. The minimum absolute atomic E-state index is 0. The van der Waals surface area contributed by atoms with Crippen LogP contribution >= 0.6 is 24.0 Å². The number of hydrogen-bond donors (Lipinski definition) is 2. The van der Waals surface area contributed by atoms with Gasteiger partial charge in [0.1, 0.15) is 12.4 Å². The molecule has 0 aliphatic heterocycles. The Balaban J connectivity index is 0.00000450. The zero-order valence-electron chi connectivity index (χ0n) is 18.2. The van der Waals surface area contributed by atoms with E-state index in [1.54, 1.807) is 20.4 Å². The quantitative estimate of drug-likeness (QED) is 0.202. The van der Waals surface area contributed by atoms with Crippen LogP contribution in [0, 0.1) is 6.92 Å². The van der Waals surface area contributed by atoms with E-state index in [9.17, 15) is 0 Å². The number of nitrogens with zero attached hydrogens (tertiary/aromatic N) is 2. The zero-order chi connectivity index (χ0) is 20.9. The number of methoxy groups -OCH3 is 2. The van der Waals surface area contributed by atoms with Crippen LogP contribution in [0.4, 0.5) is 0 Å². The van der Waals surface area contributed by atoms with Gasteiger partial charge in [-0.25, -0.2) is 9.98 Å². The van der Waals surface area contributed by atoms with E-state index in [2.05, 4.69) is 38.8 Å². The summed E-state index contributed by atoms with van der Waals surface area (Å²) in [5.41, 5.74) is 3.29. The van der Waals surface area contributed by atoms with E-state index < -0.39 is 0 Å². The second-order valence-electron chi connectivity index (χ2n) is 6.48. The van der Waals surface area contributed by atoms with Crippen LogP contribution in [-0.4, -0.2) is 51.5 Å². The van der Waals surface area contributed by atoms with Gasteiger partial charge in [-0.15, -0.1) is 24.0 Å². The third-order valence-corrected chi connectivity index (χ3v) is 4.31. The van der Waals surface area contributed by atoms with E-state index in [1.165, 1.54) is 5.56 Å². The Morgan fingerprint density at radius 3 is 2.70 bits per heavy atom. The molecule has 30 heavy (non-hydrogen) atoms. The maximum atomic E-state index is 5.68. The van der Waals surface area contributed by atoms with Crippen molar-refractivity contribution >= 4 is 29.9 Å². The maximum absolute atomic E-state index is 5.68. The topological polar surface area (TPSA) is 77.0 Å². The first-order valence-electron chi connectivity index (χ1n) is 9.89. The van der Waals surface area contributed by atoms with Gasteiger partial charge in [0.25, 0.3) is 0 Å². The van der Waals surface area contributed by atoms with Crippen molar-refractivity contribution in [3.63, 3.8) is 0 Å². The molecule has 0 aliphatic rings. The molecule has 0 bridgehead atoms. The molecule has 2 rings (SSSR count). The number of halogens is 1. The second kappa shape index (κ2) is 14.8. The molecule has 0 saturated heterocycles. The lowest BCUT2D eigenvalue weighted by Gasteiger charge is -2.13. The zero-order valence-corrected chi connectivity index (χ0v) is 20.6. The molecule has 7 nitrogen and oxygen atoms in total. The van der Waals surface area contributed by atoms with Gasteiger partial charge in [-0.2, -0.15) is 0 Å². The van der Waals surface area contributed by atoms with E-state index in [-0.39, 0.29) is 24.0 Å². The van der Waals surface area contributed by atoms with Gasteiger partial charge in [0.15, 0.2) is 5.96 Å². The third kappa shape index (κ3) is 8.74. The van der Waals surface area contributed by atoms with Crippen LogP contribution in [0.25, 0.3) is 0 Å². The number of ether oxygens (including phenoxy) is 3. The van der Waals surface area contributed by atoms with E-state index in [1.807, 2.05) is 26.0 Å². The van der Waals surface area contributed by atoms with Crippen LogP contribution in [0.15, 0.2) is 41.5 Å². The monoisotopic (exact) mass is 528 g/mol. The number of guanidine groups is 1. The molecular formula is C22H33IN4O3. The Hall–Kier alpha value is -2.07. The molecule has 0 aliphatic carbocycles. The molecule has 0 fully saturated rings. The normalized spacial score (nSPS) is 10.9. The molecule has 0 amide bonds. The average Bonchev–Trinajstić information content (AvgIpc) is 2.74. The van der Waals surface area contributed by atoms with Crippen molar-refractivity contribution in [1.29, 1.82) is 0 Å². The number of aryl methyl sites for hydroxylation is 1. The van der Waals surface area contributed by atoms with Crippen LogP contribution in [0.2, 0.25) is 0 Å². The first kappa shape index (κ1) is 26.0. The smallest absolute Gasteiger partial charge is 0.218 e. The summed E-state index contributed by atoms with van der Waals surface area (Å²) in [7, 11) is 3.35. The molecular weight excluding hydrogens is 495 g/mol. The summed E-state index contributed by atoms with van der Waals surface area (Å²) in [6.07, 6.45) is 2.59. The summed E-state index contributed by atoms with van der Waals surface area (Å²) in [6.45, 7) is 7.10. The third-order valence-electron chi connectivity index (χ3n) is 4.31. The number of aliphatic imine (C=N–C) groups is 1. The van der Waals surface area contributed by atoms with Crippen LogP contribution in [0.3, 0.4) is 0 Å². The molecule has 0 saturated carbocycles. The van der Waals surface area contributed by atoms with E-state index in [0.717, 1.165) is 42.3 Å². The summed E-state index contributed by atoms with van der Waals surface area (Å²) in [5, 5.41) is 6.66. The number of aromatic nitrogens is 1.